The Morgan fingerprint density at radius 1 is 0.808 bits per heavy atom. The fourth-order valence-electron chi connectivity index (χ4n) is 4.13. The third-order valence-electron chi connectivity index (χ3n) is 5.73. The van der Waals surface area contributed by atoms with Crippen LogP contribution in [-0.2, 0) is 0 Å². The fourth-order valence-corrected chi connectivity index (χ4v) is 4.13. The van der Waals surface area contributed by atoms with Crippen LogP contribution in [0.1, 0.15) is 62.8 Å². The third-order valence-corrected chi connectivity index (χ3v) is 5.73. The van der Waals surface area contributed by atoms with Gasteiger partial charge in [-0.05, 0) is 79.2 Å². The molecule has 0 radical (unpaired) electrons. The van der Waals surface area contributed by atoms with E-state index in [0.29, 0.717) is 12.2 Å². The Morgan fingerprint density at radius 2 is 1.42 bits per heavy atom. The highest BCUT2D eigenvalue weighted by Gasteiger charge is 2.22. The highest BCUT2D eigenvalue weighted by atomic mass is 19.1. The van der Waals surface area contributed by atoms with Gasteiger partial charge in [-0.3, -0.25) is 0 Å². The van der Waals surface area contributed by atoms with Gasteiger partial charge in [0.2, 0.25) is 0 Å². The molecule has 0 N–H and O–H groups in total. The number of rotatable bonds is 7. The minimum Gasteiger partial charge on any atom is -0.216 e. The topological polar surface area (TPSA) is 0 Å². The largest absolute Gasteiger partial charge is 0.216 e. The maximum absolute atomic E-state index is 13.1. The van der Waals surface area contributed by atoms with Crippen molar-refractivity contribution in [2.24, 2.45) is 5.92 Å². The highest BCUT2D eigenvalue weighted by molar-refractivity contribution is 5.63. The molecule has 2 aromatic carbocycles. The van der Waals surface area contributed by atoms with E-state index in [-0.39, 0.29) is 5.82 Å². The van der Waals surface area contributed by atoms with Crippen molar-refractivity contribution in [1.29, 1.82) is 0 Å². The number of unbranched alkanes of at least 4 members (excludes halogenated alkanes) is 2. The molecule has 1 aliphatic rings. The van der Waals surface area contributed by atoms with Gasteiger partial charge in [-0.15, -0.1) is 0 Å². The average molecular weight is 354 g/mol. The summed E-state index contributed by atoms with van der Waals surface area (Å²) in [6, 6.07) is 15.5. The summed E-state index contributed by atoms with van der Waals surface area (Å²) in [5.74, 6) is 1.32. The van der Waals surface area contributed by atoms with Crippen LogP contribution in [-0.4, -0.2) is 0 Å². The van der Waals surface area contributed by atoms with Crippen LogP contribution >= 0.6 is 0 Å². The normalized spacial score (nSPS) is 20.5. The van der Waals surface area contributed by atoms with E-state index in [2.05, 4.69) is 24.3 Å². The van der Waals surface area contributed by atoms with E-state index in [1.165, 1.54) is 56.2 Å². The van der Waals surface area contributed by atoms with Crippen molar-refractivity contribution in [1.82, 2.24) is 0 Å². The summed E-state index contributed by atoms with van der Waals surface area (Å²) in [6.07, 6.45) is 11.9. The molecule has 0 heterocycles. The van der Waals surface area contributed by atoms with Crippen LogP contribution in [0.5, 0.6) is 0 Å². The van der Waals surface area contributed by atoms with Gasteiger partial charge in [0.1, 0.15) is 5.82 Å². The van der Waals surface area contributed by atoms with E-state index < -0.39 is 0 Å². The van der Waals surface area contributed by atoms with Gasteiger partial charge < -0.3 is 0 Å². The van der Waals surface area contributed by atoms with Gasteiger partial charge in [-0.2, -0.15) is 0 Å². The van der Waals surface area contributed by atoms with Crippen molar-refractivity contribution in [2.75, 3.05) is 0 Å². The zero-order valence-corrected chi connectivity index (χ0v) is 15.3. The molecule has 0 spiro atoms. The lowest BCUT2D eigenvalue weighted by atomic mass is 9.77. The maximum Gasteiger partial charge on any atom is 0.123 e. The average Bonchev–Trinajstić information content (AvgIpc) is 2.69. The van der Waals surface area contributed by atoms with Crippen LogP contribution < -0.4 is 0 Å². The Balaban J connectivity index is 1.48. The molecule has 2 aromatic rings. The van der Waals surface area contributed by atoms with Crippen molar-refractivity contribution in [3.63, 3.8) is 0 Å². The first-order chi connectivity index (χ1) is 12.8. The van der Waals surface area contributed by atoms with E-state index >= 15 is 0 Å². The number of hydrogen-bond donors (Lipinski definition) is 0. The lowest BCUT2D eigenvalue weighted by Gasteiger charge is -2.29. The monoisotopic (exact) mass is 354 g/mol. The van der Waals surface area contributed by atoms with Crippen LogP contribution in [0.25, 0.3) is 11.1 Å². The van der Waals surface area contributed by atoms with Crippen LogP contribution in [0.15, 0.2) is 60.9 Å². The second kappa shape index (κ2) is 9.66. The van der Waals surface area contributed by atoms with Gasteiger partial charge in [0.15, 0.2) is 0 Å². The summed E-state index contributed by atoms with van der Waals surface area (Å²) in [7, 11) is 0. The van der Waals surface area contributed by atoms with Crippen molar-refractivity contribution in [3.05, 3.63) is 72.3 Å². The van der Waals surface area contributed by atoms with Crippen LogP contribution in [0.3, 0.4) is 0 Å². The minimum atomic E-state index is -0.194. The van der Waals surface area contributed by atoms with Gasteiger partial charge in [0.05, 0.1) is 6.33 Å². The maximum atomic E-state index is 13.1. The molecule has 0 bridgehead atoms. The Morgan fingerprint density at radius 3 is 2.04 bits per heavy atom. The summed E-state index contributed by atoms with van der Waals surface area (Å²) in [6.45, 7) is 0. The van der Waals surface area contributed by atoms with E-state index in [1.807, 2.05) is 12.1 Å². The number of benzene rings is 2. The Bertz CT molecular complexity index is 677. The molecule has 0 atom stereocenters. The number of hydrogen-bond acceptors (Lipinski definition) is 0. The zero-order chi connectivity index (χ0) is 18.2. The van der Waals surface area contributed by atoms with Gasteiger partial charge in [-0.1, -0.05) is 55.3 Å². The smallest absolute Gasteiger partial charge is 0.123 e. The number of allylic oxidation sites excluding steroid dienone is 1. The van der Waals surface area contributed by atoms with Gasteiger partial charge in [0, 0.05) is 0 Å². The summed E-state index contributed by atoms with van der Waals surface area (Å²) in [4.78, 5) is 0. The molecule has 138 valence electrons. The Labute approximate surface area is 156 Å². The molecule has 0 nitrogen and oxygen atoms in total. The van der Waals surface area contributed by atoms with Gasteiger partial charge >= 0.3 is 0 Å². The molecule has 0 aliphatic heterocycles. The van der Waals surface area contributed by atoms with Crippen LogP contribution in [0.4, 0.5) is 8.78 Å². The molecule has 1 fully saturated rings. The molecule has 0 amide bonds. The van der Waals surface area contributed by atoms with Crippen LogP contribution in [0, 0.1) is 11.7 Å². The Hall–Kier alpha value is -1.96. The van der Waals surface area contributed by atoms with Crippen molar-refractivity contribution >= 4 is 0 Å². The van der Waals surface area contributed by atoms with Crippen molar-refractivity contribution in [3.8, 4) is 11.1 Å². The fraction of sp³-hybridized carbons (Fsp3) is 0.417. The zero-order valence-electron chi connectivity index (χ0n) is 15.3. The predicted molar refractivity (Wildman–Crippen MR) is 105 cm³/mol. The molecule has 1 aliphatic carbocycles. The third kappa shape index (κ3) is 5.27. The van der Waals surface area contributed by atoms with E-state index in [0.717, 1.165) is 29.9 Å². The Kier molecular flexibility index (Phi) is 6.99. The molecule has 26 heavy (non-hydrogen) atoms. The first-order valence-corrected chi connectivity index (χ1v) is 9.87. The minimum absolute atomic E-state index is 0.194. The summed E-state index contributed by atoms with van der Waals surface area (Å²) in [5.41, 5.74) is 3.64. The molecular weight excluding hydrogens is 326 g/mol. The van der Waals surface area contributed by atoms with E-state index in [1.54, 1.807) is 6.08 Å². The second-order valence-corrected chi connectivity index (χ2v) is 7.49. The lowest BCUT2D eigenvalue weighted by Crippen LogP contribution is -2.13. The molecule has 0 aromatic heterocycles. The van der Waals surface area contributed by atoms with E-state index in [4.69, 9.17) is 0 Å². The second-order valence-electron chi connectivity index (χ2n) is 7.49. The first-order valence-electron chi connectivity index (χ1n) is 9.87. The molecular formula is C24H28F2. The highest BCUT2D eigenvalue weighted by Crippen LogP contribution is 2.38. The summed E-state index contributed by atoms with van der Waals surface area (Å²) in [5, 5.41) is 0. The molecule has 1 saturated carbocycles. The lowest BCUT2D eigenvalue weighted by molar-refractivity contribution is 0.303. The first kappa shape index (κ1) is 18.8. The van der Waals surface area contributed by atoms with Crippen molar-refractivity contribution < 1.29 is 8.78 Å². The molecule has 2 heteroatoms. The summed E-state index contributed by atoms with van der Waals surface area (Å²) >= 11 is 0. The standard InChI is InChI=1S/C24H28F2/c25-18-4-2-1-3-5-19-6-8-20(9-7-19)21-10-12-22(13-11-21)23-14-16-24(26)17-15-23/h4,10-20H,1-3,5-9H2/b18-4+/t19-,20-. The predicted octanol–water partition coefficient (Wildman–Crippen LogP) is 7.81. The summed E-state index contributed by atoms with van der Waals surface area (Å²) < 4.78 is 25.0. The van der Waals surface area contributed by atoms with Gasteiger partial charge in [0.25, 0.3) is 0 Å². The van der Waals surface area contributed by atoms with Gasteiger partial charge in [-0.25, -0.2) is 8.78 Å². The molecule has 0 unspecified atom stereocenters. The van der Waals surface area contributed by atoms with E-state index in [9.17, 15) is 8.78 Å². The number of halogens is 2. The molecule has 0 saturated heterocycles. The van der Waals surface area contributed by atoms with Crippen LogP contribution in [0.2, 0.25) is 0 Å². The quantitative estimate of drug-likeness (QED) is 0.445. The van der Waals surface area contributed by atoms with Crippen molar-refractivity contribution in [2.45, 2.75) is 57.3 Å². The molecule has 3 rings (SSSR count). The SMILES string of the molecule is F/C=C/CCCC[C@H]1CC[C@H](c2ccc(-c3ccc(F)cc3)cc2)CC1.